The minimum Gasteiger partial charge on any atom is -0.290 e. The average Bonchev–Trinajstić information content (AvgIpc) is 1.86. The first-order valence-corrected chi connectivity index (χ1v) is 3.29. The molecule has 0 saturated heterocycles. The number of dihydropyridines is 1. The number of allylic oxidation sites excluding steroid dienone is 1. The van der Waals surface area contributed by atoms with Gasteiger partial charge in [-0.15, -0.1) is 0 Å². The van der Waals surface area contributed by atoms with Gasteiger partial charge in [-0.3, -0.25) is 4.99 Å². The Morgan fingerprint density at radius 1 is 1.55 bits per heavy atom. The molecule has 0 saturated carbocycles. The van der Waals surface area contributed by atoms with Crippen molar-refractivity contribution in [2.45, 2.75) is 25.6 Å². The number of aliphatic imine (C=N–C) groups is 1. The summed E-state index contributed by atoms with van der Waals surface area (Å²) in [7, 11) is 0. The molecule has 0 aromatic heterocycles. The molecule has 0 aliphatic carbocycles. The molecule has 1 atom stereocenters. The molecule has 1 heterocycles. The van der Waals surface area contributed by atoms with Crippen LogP contribution in [0.4, 0.5) is 13.2 Å². The molecule has 1 aliphatic rings. The fraction of sp³-hybridized carbons (Fsp3) is 0.571. The molecule has 0 aromatic carbocycles. The van der Waals surface area contributed by atoms with E-state index in [1.807, 2.05) is 0 Å². The van der Waals surface area contributed by atoms with Crippen LogP contribution in [0.3, 0.4) is 0 Å². The van der Waals surface area contributed by atoms with Gasteiger partial charge in [0.25, 0.3) is 0 Å². The van der Waals surface area contributed by atoms with Crippen LogP contribution < -0.4 is 0 Å². The maximum atomic E-state index is 12.0. The Kier molecular flexibility index (Phi) is 2.02. The molecule has 0 spiro atoms. The van der Waals surface area contributed by atoms with E-state index >= 15 is 0 Å². The van der Waals surface area contributed by atoms with Crippen molar-refractivity contribution in [3.05, 3.63) is 11.6 Å². The lowest BCUT2D eigenvalue weighted by Crippen LogP contribution is -2.18. The first kappa shape index (κ1) is 8.30. The summed E-state index contributed by atoms with van der Waals surface area (Å²) < 4.78 is 36.0. The minimum atomic E-state index is -4.18. The third-order valence-corrected chi connectivity index (χ3v) is 1.50. The standard InChI is InChI=1S/C7H8F3N/c1-5-4-6(2-3-11-5)7(8,9)10/h2-3,5H,4H2,1H3. The second kappa shape index (κ2) is 2.68. The van der Waals surface area contributed by atoms with Gasteiger partial charge in [0.15, 0.2) is 0 Å². The van der Waals surface area contributed by atoms with Crippen molar-refractivity contribution in [3.63, 3.8) is 0 Å². The number of halogens is 3. The van der Waals surface area contributed by atoms with Gasteiger partial charge in [0.05, 0.1) is 6.04 Å². The highest BCUT2D eigenvalue weighted by Crippen LogP contribution is 2.30. The summed E-state index contributed by atoms with van der Waals surface area (Å²) in [6.45, 7) is 1.66. The van der Waals surface area contributed by atoms with Crippen molar-refractivity contribution in [3.8, 4) is 0 Å². The molecule has 0 amide bonds. The molecule has 62 valence electrons. The van der Waals surface area contributed by atoms with Crippen LogP contribution >= 0.6 is 0 Å². The Balaban J connectivity index is 2.75. The molecule has 1 unspecified atom stereocenters. The molecule has 4 heteroatoms. The van der Waals surface area contributed by atoms with Gasteiger partial charge in [-0.2, -0.15) is 13.2 Å². The van der Waals surface area contributed by atoms with Crippen LogP contribution in [0.15, 0.2) is 16.6 Å². The first-order chi connectivity index (χ1) is 5.00. The van der Waals surface area contributed by atoms with E-state index in [0.29, 0.717) is 0 Å². The van der Waals surface area contributed by atoms with Gasteiger partial charge in [-0.1, -0.05) is 0 Å². The Hall–Kier alpha value is -0.800. The van der Waals surface area contributed by atoms with Gasteiger partial charge in [0.1, 0.15) is 0 Å². The molecule has 11 heavy (non-hydrogen) atoms. The number of rotatable bonds is 0. The molecule has 0 radical (unpaired) electrons. The van der Waals surface area contributed by atoms with Crippen molar-refractivity contribution in [2.24, 2.45) is 4.99 Å². The molecule has 0 N–H and O–H groups in total. The van der Waals surface area contributed by atoms with Crippen LogP contribution in [-0.4, -0.2) is 18.4 Å². The summed E-state index contributed by atoms with van der Waals surface area (Å²) in [6.07, 6.45) is -1.93. The maximum absolute atomic E-state index is 12.0. The Morgan fingerprint density at radius 2 is 2.18 bits per heavy atom. The lowest BCUT2D eigenvalue weighted by atomic mass is 10.1. The third kappa shape index (κ3) is 2.06. The normalized spacial score (nSPS) is 25.1. The van der Waals surface area contributed by atoms with E-state index in [1.54, 1.807) is 6.92 Å². The van der Waals surface area contributed by atoms with Gasteiger partial charge in [-0.05, 0) is 19.4 Å². The summed E-state index contributed by atoms with van der Waals surface area (Å²) in [6, 6.07) is -0.239. The summed E-state index contributed by atoms with van der Waals surface area (Å²) in [4.78, 5) is 3.79. The molecule has 0 aromatic rings. The number of nitrogens with zero attached hydrogens (tertiary/aromatic N) is 1. The topological polar surface area (TPSA) is 12.4 Å². The van der Waals surface area contributed by atoms with E-state index in [-0.39, 0.29) is 12.5 Å². The average molecular weight is 163 g/mol. The zero-order chi connectivity index (χ0) is 8.48. The molecular formula is C7H8F3N. The van der Waals surface area contributed by atoms with E-state index in [9.17, 15) is 13.2 Å². The van der Waals surface area contributed by atoms with E-state index in [4.69, 9.17) is 0 Å². The zero-order valence-corrected chi connectivity index (χ0v) is 6.02. The fourth-order valence-electron chi connectivity index (χ4n) is 0.929. The van der Waals surface area contributed by atoms with E-state index < -0.39 is 11.7 Å². The van der Waals surface area contributed by atoms with Crippen LogP contribution in [0.2, 0.25) is 0 Å². The SMILES string of the molecule is CC1CC(C(F)(F)F)=CC=N1. The first-order valence-electron chi connectivity index (χ1n) is 3.29. The largest absolute Gasteiger partial charge is 0.412 e. The summed E-state index contributed by atoms with van der Waals surface area (Å²) in [5, 5.41) is 0. The Labute approximate surface area is 62.6 Å². The monoisotopic (exact) mass is 163 g/mol. The van der Waals surface area contributed by atoms with Crippen LogP contribution in [0, 0.1) is 0 Å². The molecule has 1 rings (SSSR count). The predicted molar refractivity (Wildman–Crippen MR) is 36.7 cm³/mol. The van der Waals surface area contributed by atoms with Crippen LogP contribution in [-0.2, 0) is 0 Å². The van der Waals surface area contributed by atoms with Crippen molar-refractivity contribution >= 4 is 6.21 Å². The van der Waals surface area contributed by atoms with Gasteiger partial charge in [0.2, 0.25) is 0 Å². The third-order valence-electron chi connectivity index (χ3n) is 1.50. The Bertz CT molecular complexity index is 202. The van der Waals surface area contributed by atoms with E-state index in [2.05, 4.69) is 4.99 Å². The summed E-state index contributed by atoms with van der Waals surface area (Å²) >= 11 is 0. The van der Waals surface area contributed by atoms with Gasteiger partial charge in [0, 0.05) is 11.8 Å². The number of hydrogen-bond acceptors (Lipinski definition) is 1. The van der Waals surface area contributed by atoms with Gasteiger partial charge >= 0.3 is 6.18 Å². The number of hydrogen-bond donors (Lipinski definition) is 0. The smallest absolute Gasteiger partial charge is 0.290 e. The van der Waals surface area contributed by atoms with Crippen LogP contribution in [0.5, 0.6) is 0 Å². The molecule has 1 nitrogen and oxygen atoms in total. The zero-order valence-electron chi connectivity index (χ0n) is 6.02. The van der Waals surface area contributed by atoms with Crippen LogP contribution in [0.1, 0.15) is 13.3 Å². The molecule has 1 aliphatic heterocycles. The molecular weight excluding hydrogens is 155 g/mol. The number of alkyl halides is 3. The Morgan fingerprint density at radius 3 is 2.55 bits per heavy atom. The highest BCUT2D eigenvalue weighted by molar-refractivity contribution is 5.73. The lowest BCUT2D eigenvalue weighted by Gasteiger charge is -2.16. The lowest BCUT2D eigenvalue weighted by molar-refractivity contribution is -0.0944. The highest BCUT2D eigenvalue weighted by Gasteiger charge is 2.34. The highest BCUT2D eigenvalue weighted by atomic mass is 19.4. The van der Waals surface area contributed by atoms with Crippen molar-refractivity contribution in [1.82, 2.24) is 0 Å². The summed E-state index contributed by atoms with van der Waals surface area (Å²) in [5.41, 5.74) is -0.486. The maximum Gasteiger partial charge on any atom is 0.412 e. The molecule has 0 bridgehead atoms. The minimum absolute atomic E-state index is 0. The quantitative estimate of drug-likeness (QED) is 0.519. The van der Waals surface area contributed by atoms with Crippen molar-refractivity contribution in [2.75, 3.05) is 0 Å². The molecule has 0 fully saturated rings. The van der Waals surface area contributed by atoms with E-state index in [1.165, 1.54) is 6.21 Å². The van der Waals surface area contributed by atoms with Gasteiger partial charge < -0.3 is 0 Å². The second-order valence-electron chi connectivity index (χ2n) is 2.54. The predicted octanol–water partition coefficient (Wildman–Crippen LogP) is 2.34. The van der Waals surface area contributed by atoms with Gasteiger partial charge in [-0.25, -0.2) is 0 Å². The van der Waals surface area contributed by atoms with Crippen molar-refractivity contribution < 1.29 is 13.2 Å². The van der Waals surface area contributed by atoms with Crippen LogP contribution in [0.25, 0.3) is 0 Å². The second-order valence-corrected chi connectivity index (χ2v) is 2.54. The van der Waals surface area contributed by atoms with Crippen molar-refractivity contribution in [1.29, 1.82) is 0 Å². The van der Waals surface area contributed by atoms with E-state index in [0.717, 1.165) is 6.08 Å². The fourth-order valence-corrected chi connectivity index (χ4v) is 0.929. The summed E-state index contributed by atoms with van der Waals surface area (Å²) in [5.74, 6) is 0.